The lowest BCUT2D eigenvalue weighted by molar-refractivity contribution is 0.0997. The van der Waals surface area contributed by atoms with Gasteiger partial charge in [-0.05, 0) is 18.9 Å². The minimum Gasteiger partial charge on any atom is -0.454 e. The molecule has 0 unspecified atom stereocenters. The summed E-state index contributed by atoms with van der Waals surface area (Å²) in [5, 5.41) is 4.53. The number of benzene rings is 1. The summed E-state index contributed by atoms with van der Waals surface area (Å²) >= 11 is 2.86. The number of carbonyl (C=O) groups excluding carboxylic acids is 2. The van der Waals surface area contributed by atoms with Gasteiger partial charge in [-0.2, -0.15) is 0 Å². The molecule has 11 heteroatoms. The van der Waals surface area contributed by atoms with Crippen LogP contribution in [0.4, 0.5) is 14.9 Å². The molecule has 1 aromatic carbocycles. The fraction of sp³-hybridized carbons (Fsp3) is 0.316. The average Bonchev–Trinajstić information content (AvgIpc) is 3.40. The number of aromatic nitrogens is 1. The zero-order valence-electron chi connectivity index (χ0n) is 16.0. The number of nitrogens with zero attached hydrogens (tertiary/aromatic N) is 2. The monoisotopic (exact) mass is 446 g/mol. The number of primary amides is 1. The van der Waals surface area contributed by atoms with Crippen molar-refractivity contribution in [2.75, 3.05) is 25.3 Å². The Kier molecular flexibility index (Phi) is 4.63. The summed E-state index contributed by atoms with van der Waals surface area (Å²) in [5.74, 6) is 0.866. The number of hydrogen-bond acceptors (Lipinski definition) is 9. The van der Waals surface area contributed by atoms with Crippen LogP contribution in [0.5, 0.6) is 11.5 Å². The Morgan fingerprint density at radius 1 is 1.30 bits per heavy atom. The van der Waals surface area contributed by atoms with Crippen LogP contribution < -0.4 is 20.5 Å². The lowest BCUT2D eigenvalue weighted by atomic mass is 10.0. The maximum absolute atomic E-state index is 12.2. The quantitative estimate of drug-likeness (QED) is 0.631. The highest BCUT2D eigenvalue weighted by Gasteiger charge is 2.30. The van der Waals surface area contributed by atoms with E-state index >= 15 is 0 Å². The number of rotatable bonds is 4. The predicted molar refractivity (Wildman–Crippen MR) is 113 cm³/mol. The third-order valence-corrected chi connectivity index (χ3v) is 7.00. The molecule has 2 aliphatic heterocycles. The summed E-state index contributed by atoms with van der Waals surface area (Å²) in [6.45, 7) is 3.18. The van der Waals surface area contributed by atoms with E-state index in [1.165, 1.54) is 22.7 Å². The van der Waals surface area contributed by atoms with Crippen LogP contribution in [-0.2, 0) is 17.7 Å². The van der Waals surface area contributed by atoms with Gasteiger partial charge in [0.05, 0.1) is 28.9 Å². The number of hydrogen-bond donors (Lipinski definition) is 2. The highest BCUT2D eigenvalue weighted by atomic mass is 32.1. The van der Waals surface area contributed by atoms with E-state index in [9.17, 15) is 9.59 Å². The minimum absolute atomic E-state index is 0.212. The lowest BCUT2D eigenvalue weighted by Gasteiger charge is -2.26. The fourth-order valence-electron chi connectivity index (χ4n) is 3.59. The first-order valence-corrected chi connectivity index (χ1v) is 11.0. The molecule has 2 amide bonds. The van der Waals surface area contributed by atoms with E-state index in [0.29, 0.717) is 53.3 Å². The molecular weight excluding hydrogens is 428 g/mol. The van der Waals surface area contributed by atoms with Crippen molar-refractivity contribution in [1.82, 2.24) is 9.88 Å². The first kappa shape index (κ1) is 18.9. The van der Waals surface area contributed by atoms with Gasteiger partial charge >= 0.3 is 6.09 Å². The number of ether oxygens (including phenoxy) is 3. The second kappa shape index (κ2) is 7.33. The van der Waals surface area contributed by atoms with Gasteiger partial charge in [-0.1, -0.05) is 11.3 Å². The predicted octanol–water partition coefficient (Wildman–Crippen LogP) is 3.44. The Balaban J connectivity index is 1.46. The lowest BCUT2D eigenvalue weighted by Crippen LogP contribution is -2.36. The fourth-order valence-corrected chi connectivity index (χ4v) is 5.80. The maximum atomic E-state index is 12.2. The molecule has 0 aliphatic carbocycles. The third kappa shape index (κ3) is 3.19. The van der Waals surface area contributed by atoms with E-state index in [1.807, 2.05) is 12.1 Å². The minimum atomic E-state index is -0.499. The van der Waals surface area contributed by atoms with E-state index < -0.39 is 5.91 Å². The summed E-state index contributed by atoms with van der Waals surface area (Å²) in [7, 11) is 0. The van der Waals surface area contributed by atoms with E-state index in [4.69, 9.17) is 19.9 Å². The van der Waals surface area contributed by atoms with Crippen LogP contribution in [-0.4, -0.2) is 41.8 Å². The zero-order chi connectivity index (χ0) is 20.8. The van der Waals surface area contributed by atoms with Gasteiger partial charge in [-0.3, -0.25) is 4.79 Å². The van der Waals surface area contributed by atoms with Crippen molar-refractivity contribution < 1.29 is 23.8 Å². The largest absolute Gasteiger partial charge is 0.454 e. The molecule has 30 heavy (non-hydrogen) atoms. The molecule has 2 aliphatic rings. The molecule has 0 atom stereocenters. The van der Waals surface area contributed by atoms with Gasteiger partial charge in [-0.15, -0.1) is 11.3 Å². The molecule has 2 aromatic heterocycles. The van der Waals surface area contributed by atoms with Crippen LogP contribution in [0.25, 0.3) is 10.2 Å². The molecule has 0 saturated carbocycles. The van der Waals surface area contributed by atoms with Crippen molar-refractivity contribution in [2.45, 2.75) is 19.9 Å². The van der Waals surface area contributed by atoms with E-state index in [1.54, 1.807) is 11.8 Å². The Hall–Kier alpha value is -3.05. The van der Waals surface area contributed by atoms with Gasteiger partial charge in [0.25, 0.3) is 5.91 Å². The van der Waals surface area contributed by atoms with E-state index in [-0.39, 0.29) is 12.9 Å². The number of anilines is 2. The number of carbonyl (C=O) groups is 2. The molecule has 4 heterocycles. The van der Waals surface area contributed by atoms with Gasteiger partial charge in [0.1, 0.15) is 5.00 Å². The molecular formula is C19H18N4O5S2. The Bertz CT molecular complexity index is 1130. The first-order valence-electron chi connectivity index (χ1n) is 9.36. The Labute approximate surface area is 179 Å². The van der Waals surface area contributed by atoms with Crippen LogP contribution in [0.3, 0.4) is 0 Å². The van der Waals surface area contributed by atoms with Crippen molar-refractivity contribution in [1.29, 1.82) is 0 Å². The van der Waals surface area contributed by atoms with Gasteiger partial charge in [-0.25, -0.2) is 9.78 Å². The first-order chi connectivity index (χ1) is 14.5. The molecule has 0 saturated heterocycles. The van der Waals surface area contributed by atoms with Crippen LogP contribution in [0.1, 0.15) is 27.7 Å². The normalized spacial score (nSPS) is 14.6. The zero-order valence-corrected chi connectivity index (χ0v) is 17.7. The molecule has 3 N–H and O–H groups in total. The third-order valence-electron chi connectivity index (χ3n) is 4.93. The number of fused-ring (bicyclic) bond motifs is 3. The van der Waals surface area contributed by atoms with Crippen molar-refractivity contribution in [3.8, 4) is 11.5 Å². The van der Waals surface area contributed by atoms with Gasteiger partial charge in [0.15, 0.2) is 16.6 Å². The summed E-state index contributed by atoms with van der Waals surface area (Å²) in [5.41, 5.74) is 7.82. The topological polar surface area (TPSA) is 116 Å². The van der Waals surface area contributed by atoms with Gasteiger partial charge in [0.2, 0.25) is 6.79 Å². The van der Waals surface area contributed by atoms with Crippen molar-refractivity contribution in [2.24, 2.45) is 5.73 Å². The summed E-state index contributed by atoms with van der Waals surface area (Å²) in [6, 6.07) is 3.73. The van der Waals surface area contributed by atoms with Crippen LogP contribution in [0.2, 0.25) is 0 Å². The second-order valence-corrected chi connectivity index (χ2v) is 8.90. The number of thiazole rings is 1. The van der Waals surface area contributed by atoms with E-state index in [2.05, 4.69) is 10.3 Å². The molecule has 9 nitrogen and oxygen atoms in total. The molecule has 0 fully saturated rings. The molecule has 5 rings (SSSR count). The highest BCUT2D eigenvalue weighted by Crippen LogP contribution is 2.42. The van der Waals surface area contributed by atoms with Gasteiger partial charge in [0, 0.05) is 23.6 Å². The SMILES string of the molecule is CCOC(=O)N1CCc2c(sc(Nc3nc4cc5c(cc4s3)OCO5)c2C(N)=O)C1. The number of nitrogens with one attached hydrogen (secondary N) is 1. The summed E-state index contributed by atoms with van der Waals surface area (Å²) in [6.07, 6.45) is 0.196. The molecule has 3 aromatic rings. The maximum Gasteiger partial charge on any atom is 0.410 e. The van der Waals surface area contributed by atoms with Crippen molar-refractivity contribution in [3.05, 3.63) is 28.1 Å². The van der Waals surface area contributed by atoms with Crippen molar-refractivity contribution in [3.63, 3.8) is 0 Å². The second-order valence-electron chi connectivity index (χ2n) is 6.76. The van der Waals surface area contributed by atoms with Crippen LogP contribution in [0.15, 0.2) is 12.1 Å². The molecule has 0 bridgehead atoms. The Morgan fingerprint density at radius 3 is 2.87 bits per heavy atom. The number of nitrogens with two attached hydrogens (primary N) is 1. The summed E-state index contributed by atoms with van der Waals surface area (Å²) in [4.78, 5) is 31.4. The number of thiophene rings is 1. The molecule has 156 valence electrons. The molecule has 0 spiro atoms. The van der Waals surface area contributed by atoms with Crippen LogP contribution in [0, 0.1) is 0 Å². The smallest absolute Gasteiger partial charge is 0.410 e. The molecule has 0 radical (unpaired) electrons. The van der Waals surface area contributed by atoms with E-state index in [0.717, 1.165) is 20.7 Å². The van der Waals surface area contributed by atoms with Crippen LogP contribution >= 0.6 is 22.7 Å². The summed E-state index contributed by atoms with van der Waals surface area (Å²) < 4.78 is 16.9. The highest BCUT2D eigenvalue weighted by molar-refractivity contribution is 7.23. The standard InChI is InChI=1S/C19H18N4O5S2/c1-2-26-19(25)23-4-3-9-14(7-23)29-17(15(9)16(20)24)22-18-21-10-5-11-12(28-8-27-11)6-13(10)30-18/h5-6H,2-4,7-8H2,1H3,(H2,20,24)(H,21,22). The Morgan fingerprint density at radius 2 is 2.10 bits per heavy atom. The van der Waals surface area contributed by atoms with Crippen molar-refractivity contribution >= 4 is 55.0 Å². The number of amides is 2. The van der Waals surface area contributed by atoms with Gasteiger partial charge < -0.3 is 30.2 Å². The average molecular weight is 447 g/mol.